The predicted octanol–water partition coefficient (Wildman–Crippen LogP) is 0.850. The topological polar surface area (TPSA) is 83.6 Å². The maximum atomic E-state index is 12.2. The molecular formula is C13H15ClN2O3. The van der Waals surface area contributed by atoms with Crippen molar-refractivity contribution in [2.75, 3.05) is 6.54 Å². The fraction of sp³-hybridized carbons (Fsp3) is 0.385. The summed E-state index contributed by atoms with van der Waals surface area (Å²) in [5, 5.41) is 10.4. The minimum Gasteiger partial charge on any atom is -0.378 e. The van der Waals surface area contributed by atoms with E-state index in [1.54, 1.807) is 24.3 Å². The summed E-state index contributed by atoms with van der Waals surface area (Å²) in [6, 6.07) is 5.95. The van der Waals surface area contributed by atoms with E-state index in [0.29, 0.717) is 30.0 Å². The van der Waals surface area contributed by atoms with Crippen LogP contribution in [0.2, 0.25) is 5.02 Å². The second kappa shape index (κ2) is 5.59. The Kier molecular flexibility index (Phi) is 4.07. The maximum absolute atomic E-state index is 12.2. The van der Waals surface area contributed by atoms with E-state index in [1.807, 2.05) is 0 Å². The number of benzene rings is 1. The highest BCUT2D eigenvalue weighted by Gasteiger charge is 2.36. The molecule has 0 aliphatic carbocycles. The Hall–Kier alpha value is -1.59. The summed E-state index contributed by atoms with van der Waals surface area (Å²) in [7, 11) is 0. The fourth-order valence-corrected chi connectivity index (χ4v) is 2.55. The van der Waals surface area contributed by atoms with E-state index < -0.39 is 24.0 Å². The van der Waals surface area contributed by atoms with Gasteiger partial charge < -0.3 is 15.7 Å². The van der Waals surface area contributed by atoms with Crippen LogP contribution in [-0.4, -0.2) is 34.4 Å². The van der Waals surface area contributed by atoms with E-state index in [2.05, 4.69) is 0 Å². The van der Waals surface area contributed by atoms with Gasteiger partial charge in [0.1, 0.15) is 6.04 Å². The molecule has 6 heteroatoms. The number of primary amides is 1. The van der Waals surface area contributed by atoms with Crippen LogP contribution < -0.4 is 5.73 Å². The Labute approximate surface area is 116 Å². The van der Waals surface area contributed by atoms with Crippen LogP contribution in [0, 0.1) is 0 Å². The van der Waals surface area contributed by atoms with Crippen molar-refractivity contribution in [2.24, 2.45) is 5.73 Å². The molecule has 5 nitrogen and oxygen atoms in total. The molecule has 0 spiro atoms. The third-order valence-electron chi connectivity index (χ3n) is 3.30. The van der Waals surface area contributed by atoms with Gasteiger partial charge in [-0.05, 0) is 18.9 Å². The molecule has 1 fully saturated rings. The lowest BCUT2D eigenvalue weighted by atomic mass is 10.1. The van der Waals surface area contributed by atoms with Gasteiger partial charge in [0.05, 0.1) is 0 Å². The average Bonchev–Trinajstić information content (AvgIpc) is 2.87. The SMILES string of the molecule is NC(=O)C1CCCN1C(=O)[C@H](O)c1ccccc1Cl. The number of rotatable bonds is 3. The van der Waals surface area contributed by atoms with Crippen molar-refractivity contribution in [3.63, 3.8) is 0 Å². The number of likely N-dealkylation sites (tertiary alicyclic amines) is 1. The third-order valence-corrected chi connectivity index (χ3v) is 3.64. The number of halogens is 1. The molecule has 2 atom stereocenters. The summed E-state index contributed by atoms with van der Waals surface area (Å²) in [6.45, 7) is 0.425. The number of hydrogen-bond acceptors (Lipinski definition) is 3. The van der Waals surface area contributed by atoms with Gasteiger partial charge in [-0.15, -0.1) is 0 Å². The van der Waals surface area contributed by atoms with Crippen molar-refractivity contribution in [1.29, 1.82) is 0 Å². The highest BCUT2D eigenvalue weighted by Crippen LogP contribution is 2.27. The standard InChI is InChI=1S/C13H15ClN2O3/c14-9-5-2-1-4-8(9)11(17)13(19)16-7-3-6-10(16)12(15)18/h1-2,4-5,10-11,17H,3,6-7H2,(H2,15,18)/t10?,11-/m1/s1. The number of amides is 2. The monoisotopic (exact) mass is 282 g/mol. The lowest BCUT2D eigenvalue weighted by molar-refractivity contribution is -0.144. The molecule has 1 aliphatic rings. The quantitative estimate of drug-likeness (QED) is 0.862. The van der Waals surface area contributed by atoms with E-state index in [1.165, 1.54) is 4.90 Å². The number of aliphatic hydroxyl groups is 1. The van der Waals surface area contributed by atoms with Crippen LogP contribution in [0.4, 0.5) is 0 Å². The van der Waals surface area contributed by atoms with Gasteiger partial charge in [-0.3, -0.25) is 9.59 Å². The Balaban J connectivity index is 2.20. The van der Waals surface area contributed by atoms with Crippen molar-refractivity contribution < 1.29 is 14.7 Å². The molecule has 1 heterocycles. The second-order valence-corrected chi connectivity index (χ2v) is 4.92. The summed E-state index contributed by atoms with van der Waals surface area (Å²) < 4.78 is 0. The fourth-order valence-electron chi connectivity index (χ4n) is 2.31. The lowest BCUT2D eigenvalue weighted by Crippen LogP contribution is -2.45. The molecule has 1 aromatic carbocycles. The predicted molar refractivity (Wildman–Crippen MR) is 70.3 cm³/mol. The van der Waals surface area contributed by atoms with Crippen LogP contribution in [0.15, 0.2) is 24.3 Å². The number of aliphatic hydroxyl groups excluding tert-OH is 1. The molecule has 0 bridgehead atoms. The molecule has 1 aliphatic heterocycles. The maximum Gasteiger partial charge on any atom is 0.256 e. The number of carbonyl (C=O) groups is 2. The van der Waals surface area contributed by atoms with E-state index in [0.717, 1.165) is 0 Å². The molecule has 2 amide bonds. The first-order valence-corrected chi connectivity index (χ1v) is 6.42. The Morgan fingerprint density at radius 1 is 1.42 bits per heavy atom. The molecule has 0 radical (unpaired) electrons. The first-order valence-electron chi connectivity index (χ1n) is 6.04. The first kappa shape index (κ1) is 13.8. The summed E-state index contributed by atoms with van der Waals surface area (Å²) in [5.41, 5.74) is 5.59. The Bertz CT molecular complexity index is 506. The van der Waals surface area contributed by atoms with Gasteiger partial charge >= 0.3 is 0 Å². The van der Waals surface area contributed by atoms with Gasteiger partial charge in [-0.25, -0.2) is 0 Å². The molecule has 1 saturated heterocycles. The first-order chi connectivity index (χ1) is 9.02. The van der Waals surface area contributed by atoms with Crippen molar-refractivity contribution in [3.8, 4) is 0 Å². The van der Waals surface area contributed by atoms with Crippen LogP contribution in [0.3, 0.4) is 0 Å². The summed E-state index contributed by atoms with van der Waals surface area (Å²) in [5.74, 6) is -1.08. The van der Waals surface area contributed by atoms with E-state index in [4.69, 9.17) is 17.3 Å². The zero-order valence-electron chi connectivity index (χ0n) is 10.3. The highest BCUT2D eigenvalue weighted by molar-refractivity contribution is 6.31. The molecule has 102 valence electrons. The zero-order chi connectivity index (χ0) is 14.0. The molecular weight excluding hydrogens is 268 g/mol. The molecule has 2 rings (SSSR count). The average molecular weight is 283 g/mol. The van der Waals surface area contributed by atoms with Crippen LogP contribution in [0.5, 0.6) is 0 Å². The van der Waals surface area contributed by atoms with Gasteiger partial charge in [-0.1, -0.05) is 29.8 Å². The molecule has 0 aromatic heterocycles. The number of hydrogen-bond donors (Lipinski definition) is 2. The van der Waals surface area contributed by atoms with Gasteiger partial charge in [0.15, 0.2) is 6.10 Å². The van der Waals surface area contributed by atoms with Crippen molar-refractivity contribution in [2.45, 2.75) is 25.0 Å². The number of nitrogens with two attached hydrogens (primary N) is 1. The third kappa shape index (κ3) is 2.72. The van der Waals surface area contributed by atoms with Crippen molar-refractivity contribution in [3.05, 3.63) is 34.9 Å². The largest absolute Gasteiger partial charge is 0.378 e. The van der Waals surface area contributed by atoms with Crippen LogP contribution in [0.25, 0.3) is 0 Å². The van der Waals surface area contributed by atoms with E-state index >= 15 is 0 Å². The smallest absolute Gasteiger partial charge is 0.256 e. The van der Waals surface area contributed by atoms with Gasteiger partial charge in [-0.2, -0.15) is 0 Å². The number of nitrogens with zero attached hydrogens (tertiary/aromatic N) is 1. The molecule has 19 heavy (non-hydrogen) atoms. The van der Waals surface area contributed by atoms with Crippen molar-refractivity contribution >= 4 is 23.4 Å². The molecule has 1 aromatic rings. The minimum atomic E-state index is -1.37. The van der Waals surface area contributed by atoms with E-state index in [9.17, 15) is 14.7 Å². The van der Waals surface area contributed by atoms with Gasteiger partial charge in [0.2, 0.25) is 5.91 Å². The number of carbonyl (C=O) groups excluding carboxylic acids is 2. The zero-order valence-corrected chi connectivity index (χ0v) is 11.0. The van der Waals surface area contributed by atoms with E-state index in [-0.39, 0.29) is 0 Å². The Morgan fingerprint density at radius 3 is 2.74 bits per heavy atom. The summed E-state index contributed by atoms with van der Waals surface area (Å²) in [4.78, 5) is 24.8. The van der Waals surface area contributed by atoms with Crippen LogP contribution >= 0.6 is 11.6 Å². The van der Waals surface area contributed by atoms with Gasteiger partial charge in [0, 0.05) is 17.1 Å². The molecule has 1 unspecified atom stereocenters. The Morgan fingerprint density at radius 2 is 2.11 bits per heavy atom. The van der Waals surface area contributed by atoms with Crippen LogP contribution in [-0.2, 0) is 9.59 Å². The summed E-state index contributed by atoms with van der Waals surface area (Å²) in [6.07, 6.45) is -0.126. The van der Waals surface area contributed by atoms with Crippen LogP contribution in [0.1, 0.15) is 24.5 Å². The summed E-state index contributed by atoms with van der Waals surface area (Å²) >= 11 is 5.95. The second-order valence-electron chi connectivity index (χ2n) is 4.52. The molecule has 3 N–H and O–H groups in total. The highest BCUT2D eigenvalue weighted by atomic mass is 35.5. The van der Waals surface area contributed by atoms with Crippen molar-refractivity contribution in [1.82, 2.24) is 4.90 Å². The lowest BCUT2D eigenvalue weighted by Gasteiger charge is -2.25. The minimum absolute atomic E-state index is 0.318. The molecule has 0 saturated carbocycles. The van der Waals surface area contributed by atoms with Gasteiger partial charge in [0.25, 0.3) is 5.91 Å². The normalized spacial score (nSPS) is 20.3.